The minimum Gasteiger partial charge on any atom is -0.481 e. The topological polar surface area (TPSA) is 69.6 Å². The number of likely N-dealkylation sites (tertiary alicyclic amines) is 1. The lowest BCUT2D eigenvalue weighted by Crippen LogP contribution is -2.31. The molecular formula is C18H22N2O3. The summed E-state index contributed by atoms with van der Waals surface area (Å²) in [6.07, 6.45) is 4.29. The molecule has 2 atom stereocenters. The van der Waals surface area contributed by atoms with E-state index in [1.807, 2.05) is 12.1 Å². The third-order valence-corrected chi connectivity index (χ3v) is 5.50. The van der Waals surface area contributed by atoms with Gasteiger partial charge in [0.2, 0.25) is 0 Å². The summed E-state index contributed by atoms with van der Waals surface area (Å²) >= 11 is 0. The van der Waals surface area contributed by atoms with Crippen molar-refractivity contribution in [2.75, 3.05) is 25.0 Å². The van der Waals surface area contributed by atoms with Gasteiger partial charge in [0.05, 0.1) is 17.2 Å². The Morgan fingerprint density at radius 3 is 2.78 bits per heavy atom. The Hall–Kier alpha value is -2.04. The summed E-state index contributed by atoms with van der Waals surface area (Å²) in [7, 11) is 0. The van der Waals surface area contributed by atoms with Crippen LogP contribution in [-0.4, -0.2) is 41.5 Å². The van der Waals surface area contributed by atoms with Gasteiger partial charge in [-0.1, -0.05) is 12.1 Å². The summed E-state index contributed by atoms with van der Waals surface area (Å²) in [6, 6.07) is 5.86. The molecule has 1 saturated heterocycles. The molecule has 23 heavy (non-hydrogen) atoms. The number of para-hydroxylation sites is 1. The van der Waals surface area contributed by atoms with Gasteiger partial charge in [0, 0.05) is 19.6 Å². The van der Waals surface area contributed by atoms with Crippen molar-refractivity contribution in [3.8, 4) is 0 Å². The van der Waals surface area contributed by atoms with Crippen molar-refractivity contribution in [2.45, 2.75) is 25.7 Å². The lowest BCUT2D eigenvalue weighted by Gasteiger charge is -2.23. The van der Waals surface area contributed by atoms with Crippen LogP contribution in [0.5, 0.6) is 0 Å². The molecule has 2 N–H and O–H groups in total. The van der Waals surface area contributed by atoms with Gasteiger partial charge in [-0.2, -0.15) is 0 Å². The van der Waals surface area contributed by atoms with Gasteiger partial charge in [-0.05, 0) is 49.1 Å². The molecule has 0 aromatic heterocycles. The van der Waals surface area contributed by atoms with Crippen molar-refractivity contribution in [2.24, 2.45) is 17.8 Å². The van der Waals surface area contributed by atoms with Gasteiger partial charge < -0.3 is 15.3 Å². The van der Waals surface area contributed by atoms with E-state index < -0.39 is 11.9 Å². The van der Waals surface area contributed by atoms with Gasteiger partial charge >= 0.3 is 5.97 Å². The standard InChI is InChI=1S/C18H22N2O3/c21-17(13-5-1-3-12-4-2-8-19-16(12)13)20-9-14(11-6-7-11)15(10-20)18(22)23/h1,3,5,11,14-15,19H,2,4,6-10H2,(H,22,23)/t14-,15+/m0/s1. The van der Waals surface area contributed by atoms with Crippen molar-refractivity contribution in [1.82, 2.24) is 4.90 Å². The molecule has 2 fully saturated rings. The number of fused-ring (bicyclic) bond motifs is 1. The van der Waals surface area contributed by atoms with E-state index in [2.05, 4.69) is 11.4 Å². The monoisotopic (exact) mass is 314 g/mol. The van der Waals surface area contributed by atoms with Crippen molar-refractivity contribution < 1.29 is 14.7 Å². The molecule has 0 radical (unpaired) electrons. The number of carboxylic acids is 1. The van der Waals surface area contributed by atoms with E-state index in [9.17, 15) is 14.7 Å². The Kier molecular flexibility index (Phi) is 3.51. The van der Waals surface area contributed by atoms with Crippen LogP contribution in [0.2, 0.25) is 0 Å². The Morgan fingerprint density at radius 1 is 1.22 bits per heavy atom. The number of anilines is 1. The number of nitrogens with one attached hydrogen (secondary N) is 1. The normalized spacial score (nSPS) is 26.5. The Bertz CT molecular complexity index is 654. The lowest BCUT2D eigenvalue weighted by molar-refractivity contribution is -0.142. The highest BCUT2D eigenvalue weighted by Crippen LogP contribution is 2.44. The first kappa shape index (κ1) is 14.5. The maximum absolute atomic E-state index is 13.0. The molecule has 0 unspecified atom stereocenters. The number of nitrogens with zero attached hydrogens (tertiary/aromatic N) is 1. The predicted octanol–water partition coefficient (Wildman–Crippen LogP) is 2.23. The molecule has 3 aliphatic rings. The lowest BCUT2D eigenvalue weighted by atomic mass is 9.92. The number of carbonyl (C=O) groups is 2. The first-order valence-corrected chi connectivity index (χ1v) is 8.53. The summed E-state index contributed by atoms with van der Waals surface area (Å²) in [4.78, 5) is 26.3. The quantitative estimate of drug-likeness (QED) is 0.897. The molecular weight excluding hydrogens is 292 g/mol. The van der Waals surface area contributed by atoms with Gasteiger partial charge in [-0.25, -0.2) is 0 Å². The zero-order valence-corrected chi connectivity index (χ0v) is 13.1. The van der Waals surface area contributed by atoms with E-state index in [4.69, 9.17) is 0 Å². The number of carboxylic acid groups (broad SMARTS) is 1. The first-order chi connectivity index (χ1) is 11.1. The molecule has 1 aromatic carbocycles. The fraction of sp³-hybridized carbons (Fsp3) is 0.556. The number of carbonyl (C=O) groups excluding carboxylic acids is 1. The van der Waals surface area contributed by atoms with Crippen LogP contribution in [0.4, 0.5) is 5.69 Å². The van der Waals surface area contributed by atoms with Gasteiger partial charge in [0.15, 0.2) is 0 Å². The van der Waals surface area contributed by atoms with Gasteiger partial charge in [-0.15, -0.1) is 0 Å². The van der Waals surface area contributed by atoms with Crippen molar-refractivity contribution in [3.63, 3.8) is 0 Å². The molecule has 0 spiro atoms. The average Bonchev–Trinajstić information content (AvgIpc) is 3.31. The molecule has 2 aliphatic heterocycles. The van der Waals surface area contributed by atoms with E-state index in [0.29, 0.717) is 24.6 Å². The van der Waals surface area contributed by atoms with E-state index in [-0.39, 0.29) is 11.8 Å². The van der Waals surface area contributed by atoms with Gasteiger partial charge in [0.1, 0.15) is 0 Å². The van der Waals surface area contributed by atoms with E-state index in [1.54, 1.807) is 4.90 Å². The SMILES string of the molecule is O=C(O)[C@@H]1CN(C(=O)c2cccc3c2NCCC3)C[C@H]1C1CC1. The van der Waals surface area contributed by atoms with Crippen molar-refractivity contribution in [1.29, 1.82) is 0 Å². The van der Waals surface area contributed by atoms with Crippen LogP contribution < -0.4 is 5.32 Å². The fourth-order valence-electron chi connectivity index (χ4n) is 4.12. The minimum absolute atomic E-state index is 0.0225. The summed E-state index contributed by atoms with van der Waals surface area (Å²) in [5, 5.41) is 12.8. The summed E-state index contributed by atoms with van der Waals surface area (Å²) in [6.45, 7) is 1.82. The Balaban J connectivity index is 1.59. The van der Waals surface area contributed by atoms with Crippen LogP contribution in [0, 0.1) is 17.8 Å². The number of aryl methyl sites for hydroxylation is 1. The summed E-state index contributed by atoms with van der Waals surface area (Å²) in [5.41, 5.74) is 2.84. The van der Waals surface area contributed by atoms with Crippen molar-refractivity contribution >= 4 is 17.6 Å². The molecule has 0 bridgehead atoms. The molecule has 1 amide bonds. The fourth-order valence-corrected chi connectivity index (χ4v) is 4.12. The molecule has 4 rings (SSSR count). The summed E-state index contributed by atoms with van der Waals surface area (Å²) < 4.78 is 0. The number of benzene rings is 1. The van der Waals surface area contributed by atoms with Crippen LogP contribution in [0.1, 0.15) is 35.2 Å². The number of aliphatic carboxylic acids is 1. The maximum Gasteiger partial charge on any atom is 0.308 e. The van der Waals surface area contributed by atoms with E-state index >= 15 is 0 Å². The van der Waals surface area contributed by atoms with Crippen LogP contribution in [0.3, 0.4) is 0 Å². The molecule has 1 aliphatic carbocycles. The Morgan fingerprint density at radius 2 is 2.04 bits per heavy atom. The summed E-state index contributed by atoms with van der Waals surface area (Å²) in [5.74, 6) is -0.560. The molecule has 1 aromatic rings. The van der Waals surface area contributed by atoms with Crippen LogP contribution >= 0.6 is 0 Å². The van der Waals surface area contributed by atoms with Crippen LogP contribution in [0.25, 0.3) is 0 Å². The largest absolute Gasteiger partial charge is 0.481 e. The van der Waals surface area contributed by atoms with Crippen LogP contribution in [0.15, 0.2) is 18.2 Å². The molecule has 5 heteroatoms. The Labute approximate surface area is 135 Å². The highest BCUT2D eigenvalue weighted by Gasteiger charge is 2.47. The van der Waals surface area contributed by atoms with E-state index in [1.165, 1.54) is 5.56 Å². The molecule has 122 valence electrons. The minimum atomic E-state index is -0.759. The second-order valence-corrected chi connectivity index (χ2v) is 7.03. The zero-order chi connectivity index (χ0) is 16.0. The molecule has 5 nitrogen and oxygen atoms in total. The van der Waals surface area contributed by atoms with Crippen molar-refractivity contribution in [3.05, 3.63) is 29.3 Å². The highest BCUT2D eigenvalue weighted by molar-refractivity contribution is 6.01. The number of hydrogen-bond acceptors (Lipinski definition) is 3. The average molecular weight is 314 g/mol. The van der Waals surface area contributed by atoms with Gasteiger partial charge in [-0.3, -0.25) is 9.59 Å². The maximum atomic E-state index is 13.0. The number of hydrogen-bond donors (Lipinski definition) is 2. The molecule has 2 heterocycles. The second-order valence-electron chi connectivity index (χ2n) is 7.03. The van der Waals surface area contributed by atoms with E-state index in [0.717, 1.165) is 37.9 Å². The third-order valence-electron chi connectivity index (χ3n) is 5.50. The number of rotatable bonds is 3. The second kappa shape index (κ2) is 5.55. The predicted molar refractivity (Wildman–Crippen MR) is 86.5 cm³/mol. The van der Waals surface area contributed by atoms with Crippen LogP contribution in [-0.2, 0) is 11.2 Å². The smallest absolute Gasteiger partial charge is 0.308 e. The first-order valence-electron chi connectivity index (χ1n) is 8.53. The highest BCUT2D eigenvalue weighted by atomic mass is 16.4. The van der Waals surface area contributed by atoms with Gasteiger partial charge in [0.25, 0.3) is 5.91 Å². The third kappa shape index (κ3) is 2.58. The number of amides is 1. The molecule has 1 saturated carbocycles. The zero-order valence-electron chi connectivity index (χ0n) is 13.1.